The zero-order valence-electron chi connectivity index (χ0n) is 13.8. The Kier molecular flexibility index (Phi) is 6.41. The number of carbonyl (C=O) groups excluding carboxylic acids is 1. The highest BCUT2D eigenvalue weighted by molar-refractivity contribution is 8.01. The summed E-state index contributed by atoms with van der Waals surface area (Å²) >= 11 is 2.88. The number of aromatic nitrogens is 2. The minimum Gasteiger partial charge on any atom is -0.360 e. The standard InChI is InChI=1S/C16H22N4OS2/c1-5-17-15-19-20-16(23-15)22-9-14(21)18-12(4)13-7-6-10(2)11(3)8-13/h6-8,12H,5,9H2,1-4H3,(H,17,19)(H,18,21). The summed E-state index contributed by atoms with van der Waals surface area (Å²) in [6.07, 6.45) is 0. The molecule has 124 valence electrons. The predicted molar refractivity (Wildman–Crippen MR) is 97.3 cm³/mol. The summed E-state index contributed by atoms with van der Waals surface area (Å²) < 4.78 is 0.801. The molecule has 1 unspecified atom stereocenters. The fourth-order valence-corrected chi connectivity index (χ4v) is 3.65. The van der Waals surface area contributed by atoms with Crippen LogP contribution >= 0.6 is 23.1 Å². The maximum Gasteiger partial charge on any atom is 0.230 e. The molecule has 0 aliphatic rings. The topological polar surface area (TPSA) is 66.9 Å². The summed E-state index contributed by atoms with van der Waals surface area (Å²) in [5, 5.41) is 15.0. The Morgan fingerprint density at radius 2 is 2.09 bits per heavy atom. The molecule has 5 nitrogen and oxygen atoms in total. The van der Waals surface area contributed by atoms with E-state index in [9.17, 15) is 4.79 Å². The summed E-state index contributed by atoms with van der Waals surface area (Å²) in [4.78, 5) is 12.1. The van der Waals surface area contributed by atoms with Gasteiger partial charge in [0.15, 0.2) is 4.34 Å². The van der Waals surface area contributed by atoms with Crippen LogP contribution in [0.3, 0.4) is 0 Å². The highest BCUT2D eigenvalue weighted by Gasteiger charge is 2.12. The lowest BCUT2D eigenvalue weighted by Gasteiger charge is -2.15. The van der Waals surface area contributed by atoms with Crippen LogP contribution in [0.25, 0.3) is 0 Å². The average Bonchev–Trinajstić information content (AvgIpc) is 2.96. The van der Waals surface area contributed by atoms with Crippen molar-refractivity contribution in [3.8, 4) is 0 Å². The Bertz CT molecular complexity index is 672. The minimum atomic E-state index is -0.00543. The van der Waals surface area contributed by atoms with E-state index >= 15 is 0 Å². The van der Waals surface area contributed by atoms with Crippen molar-refractivity contribution in [2.75, 3.05) is 17.6 Å². The smallest absolute Gasteiger partial charge is 0.230 e. The molecule has 1 heterocycles. The molecule has 0 bridgehead atoms. The molecule has 23 heavy (non-hydrogen) atoms. The zero-order chi connectivity index (χ0) is 16.8. The summed E-state index contributed by atoms with van der Waals surface area (Å²) in [6, 6.07) is 6.27. The van der Waals surface area contributed by atoms with Gasteiger partial charge in [0.1, 0.15) is 0 Å². The number of nitrogens with zero attached hydrogens (tertiary/aromatic N) is 2. The van der Waals surface area contributed by atoms with Gasteiger partial charge in [-0.1, -0.05) is 41.3 Å². The van der Waals surface area contributed by atoms with Crippen LogP contribution in [0.1, 0.15) is 36.6 Å². The summed E-state index contributed by atoms with van der Waals surface area (Å²) in [5.74, 6) is 0.344. The van der Waals surface area contributed by atoms with E-state index in [1.165, 1.54) is 34.2 Å². The van der Waals surface area contributed by atoms with E-state index < -0.39 is 0 Å². The number of aryl methyl sites for hydroxylation is 2. The fraction of sp³-hybridized carbons (Fsp3) is 0.438. The summed E-state index contributed by atoms with van der Waals surface area (Å²) in [5.41, 5.74) is 3.62. The molecule has 1 aromatic heterocycles. The van der Waals surface area contributed by atoms with Gasteiger partial charge in [0.2, 0.25) is 11.0 Å². The number of rotatable bonds is 7. The van der Waals surface area contributed by atoms with Gasteiger partial charge in [0.05, 0.1) is 11.8 Å². The first kappa shape index (κ1) is 17.7. The zero-order valence-corrected chi connectivity index (χ0v) is 15.5. The molecule has 0 spiro atoms. The van der Waals surface area contributed by atoms with Gasteiger partial charge < -0.3 is 10.6 Å². The summed E-state index contributed by atoms with van der Waals surface area (Å²) in [6.45, 7) is 8.99. The van der Waals surface area contributed by atoms with Gasteiger partial charge in [-0.15, -0.1) is 10.2 Å². The molecule has 0 radical (unpaired) electrons. The fourth-order valence-electron chi connectivity index (χ4n) is 2.02. The average molecular weight is 351 g/mol. The Morgan fingerprint density at radius 1 is 1.30 bits per heavy atom. The van der Waals surface area contributed by atoms with Crippen LogP contribution in [0, 0.1) is 13.8 Å². The molecule has 2 rings (SSSR count). The van der Waals surface area contributed by atoms with Crippen molar-refractivity contribution in [2.45, 2.75) is 38.1 Å². The third-order valence-electron chi connectivity index (χ3n) is 3.47. The number of anilines is 1. The van der Waals surface area contributed by atoms with Gasteiger partial charge in [0, 0.05) is 6.54 Å². The second-order valence-corrected chi connectivity index (χ2v) is 7.53. The van der Waals surface area contributed by atoms with E-state index in [0.717, 1.165) is 21.6 Å². The van der Waals surface area contributed by atoms with Crippen LogP contribution in [0.2, 0.25) is 0 Å². The molecule has 7 heteroatoms. The molecule has 0 saturated heterocycles. The van der Waals surface area contributed by atoms with Crippen molar-refractivity contribution >= 4 is 34.1 Å². The van der Waals surface area contributed by atoms with Crippen LogP contribution < -0.4 is 10.6 Å². The second-order valence-electron chi connectivity index (χ2n) is 5.33. The van der Waals surface area contributed by atoms with Crippen molar-refractivity contribution in [2.24, 2.45) is 0 Å². The number of hydrogen-bond acceptors (Lipinski definition) is 6. The lowest BCUT2D eigenvalue weighted by atomic mass is 10.0. The van der Waals surface area contributed by atoms with Crippen LogP contribution in [-0.4, -0.2) is 28.4 Å². The normalized spacial score (nSPS) is 12.0. The first-order valence-corrected chi connectivity index (χ1v) is 9.36. The molecule has 2 aromatic rings. The molecule has 0 fully saturated rings. The Morgan fingerprint density at radius 3 is 2.78 bits per heavy atom. The number of hydrogen-bond donors (Lipinski definition) is 2. The van der Waals surface area contributed by atoms with Gasteiger partial charge >= 0.3 is 0 Å². The number of nitrogens with one attached hydrogen (secondary N) is 2. The first-order chi connectivity index (χ1) is 11.0. The van der Waals surface area contributed by atoms with E-state index in [1.807, 2.05) is 13.8 Å². The number of amides is 1. The van der Waals surface area contributed by atoms with Gasteiger partial charge in [-0.3, -0.25) is 4.79 Å². The lowest BCUT2D eigenvalue weighted by molar-refractivity contribution is -0.119. The Balaban J connectivity index is 1.84. The van der Waals surface area contributed by atoms with Crippen LogP contribution in [0.4, 0.5) is 5.13 Å². The van der Waals surface area contributed by atoms with Crippen LogP contribution in [-0.2, 0) is 4.79 Å². The summed E-state index contributed by atoms with van der Waals surface area (Å²) in [7, 11) is 0. The second kappa shape index (κ2) is 8.31. The molecule has 1 atom stereocenters. The van der Waals surface area contributed by atoms with Gasteiger partial charge in [-0.05, 0) is 44.4 Å². The molecule has 0 aliphatic carbocycles. The Hall–Kier alpha value is -1.60. The number of thioether (sulfide) groups is 1. The molecule has 0 aliphatic heterocycles. The van der Waals surface area contributed by atoms with E-state index in [4.69, 9.17) is 0 Å². The quantitative estimate of drug-likeness (QED) is 0.748. The molecule has 0 saturated carbocycles. The third-order valence-corrected chi connectivity index (χ3v) is 5.48. The van der Waals surface area contributed by atoms with Crippen molar-refractivity contribution in [3.05, 3.63) is 34.9 Å². The van der Waals surface area contributed by atoms with E-state index in [1.54, 1.807) is 0 Å². The van der Waals surface area contributed by atoms with Gasteiger partial charge in [-0.2, -0.15) is 0 Å². The monoisotopic (exact) mass is 350 g/mol. The number of carbonyl (C=O) groups is 1. The Labute approximate surface area is 145 Å². The maximum absolute atomic E-state index is 12.1. The van der Waals surface area contributed by atoms with Crippen molar-refractivity contribution in [1.29, 1.82) is 0 Å². The first-order valence-electron chi connectivity index (χ1n) is 7.56. The highest BCUT2D eigenvalue weighted by atomic mass is 32.2. The minimum absolute atomic E-state index is 0.000860. The van der Waals surface area contributed by atoms with Crippen molar-refractivity contribution in [3.63, 3.8) is 0 Å². The molecular weight excluding hydrogens is 328 g/mol. The van der Waals surface area contributed by atoms with Gasteiger partial charge in [0.25, 0.3) is 0 Å². The third kappa shape index (κ3) is 5.21. The largest absolute Gasteiger partial charge is 0.360 e. The molecule has 2 N–H and O–H groups in total. The molecule has 1 amide bonds. The van der Waals surface area contributed by atoms with E-state index in [0.29, 0.717) is 5.75 Å². The lowest BCUT2D eigenvalue weighted by Crippen LogP contribution is -2.28. The van der Waals surface area contributed by atoms with Crippen molar-refractivity contribution in [1.82, 2.24) is 15.5 Å². The van der Waals surface area contributed by atoms with Crippen LogP contribution in [0.5, 0.6) is 0 Å². The molecule has 1 aromatic carbocycles. The van der Waals surface area contributed by atoms with E-state index in [-0.39, 0.29) is 11.9 Å². The van der Waals surface area contributed by atoms with Gasteiger partial charge in [-0.25, -0.2) is 0 Å². The molecular formula is C16H22N4OS2. The SMILES string of the molecule is CCNc1nnc(SCC(=O)NC(C)c2ccc(C)c(C)c2)s1. The van der Waals surface area contributed by atoms with Crippen LogP contribution in [0.15, 0.2) is 22.5 Å². The van der Waals surface area contributed by atoms with E-state index in [2.05, 4.69) is 52.9 Å². The number of benzene rings is 1. The maximum atomic E-state index is 12.1. The predicted octanol–water partition coefficient (Wildman–Crippen LogP) is 3.56. The highest BCUT2D eigenvalue weighted by Crippen LogP contribution is 2.25. The van der Waals surface area contributed by atoms with Crippen molar-refractivity contribution < 1.29 is 4.79 Å².